The number of halogens is 2. The van der Waals surface area contributed by atoms with E-state index in [1.807, 2.05) is 0 Å². The summed E-state index contributed by atoms with van der Waals surface area (Å²) in [7, 11) is -2.83. The van der Waals surface area contributed by atoms with Crippen molar-refractivity contribution in [2.24, 2.45) is 0 Å². The van der Waals surface area contributed by atoms with Gasteiger partial charge < -0.3 is 10.5 Å². The average Bonchev–Trinajstić information content (AvgIpc) is 2.73. The minimum Gasteiger partial charge on any atom is -0.399 e. The highest BCUT2D eigenvalue weighted by atomic mass is 32.2. The van der Waals surface area contributed by atoms with E-state index in [1.54, 1.807) is 0 Å². The summed E-state index contributed by atoms with van der Waals surface area (Å²) in [6, 6.07) is 1.07. The molecule has 0 aliphatic heterocycles. The summed E-state index contributed by atoms with van der Waals surface area (Å²) in [5.41, 5.74) is 5.09. The van der Waals surface area contributed by atoms with E-state index in [1.165, 1.54) is 7.11 Å². The predicted octanol–water partition coefficient (Wildman–Crippen LogP) is 1.39. The van der Waals surface area contributed by atoms with Crippen LogP contribution in [0.25, 0.3) is 0 Å². The van der Waals surface area contributed by atoms with Gasteiger partial charge in [0.1, 0.15) is 11.6 Å². The average molecular weight is 306 g/mol. The maximum absolute atomic E-state index is 13.7. The van der Waals surface area contributed by atoms with E-state index < -0.39 is 32.6 Å². The highest BCUT2D eigenvalue weighted by molar-refractivity contribution is 7.89. The Hall–Kier alpha value is -1.25. The molecular formula is C12H16F2N2O3S. The smallest absolute Gasteiger partial charge is 0.246 e. The molecule has 1 aliphatic carbocycles. The van der Waals surface area contributed by atoms with Crippen molar-refractivity contribution < 1.29 is 21.9 Å². The van der Waals surface area contributed by atoms with E-state index >= 15 is 0 Å². The Morgan fingerprint density at radius 3 is 2.45 bits per heavy atom. The molecule has 1 aromatic carbocycles. The van der Waals surface area contributed by atoms with Gasteiger partial charge in [-0.1, -0.05) is 0 Å². The zero-order chi connectivity index (χ0) is 14.9. The molecule has 2 rings (SSSR count). The molecule has 5 nitrogen and oxygen atoms in total. The van der Waals surface area contributed by atoms with Crippen molar-refractivity contribution in [2.75, 3.05) is 12.8 Å². The Kier molecular flexibility index (Phi) is 4.26. The van der Waals surface area contributed by atoms with Gasteiger partial charge in [0.25, 0.3) is 0 Å². The lowest BCUT2D eigenvalue weighted by molar-refractivity contribution is 0.0916. The molecular weight excluding hydrogens is 290 g/mol. The Labute approximate surface area is 116 Å². The summed E-state index contributed by atoms with van der Waals surface area (Å²) in [5, 5.41) is 0. The highest BCUT2D eigenvalue weighted by Gasteiger charge is 2.33. The maximum Gasteiger partial charge on any atom is 0.246 e. The number of methoxy groups -OCH3 is 1. The Bertz CT molecular complexity index is 584. The molecule has 0 bridgehead atoms. The zero-order valence-electron chi connectivity index (χ0n) is 10.9. The van der Waals surface area contributed by atoms with Gasteiger partial charge in [0.05, 0.1) is 6.10 Å². The second-order valence-electron chi connectivity index (χ2n) is 4.75. The van der Waals surface area contributed by atoms with Gasteiger partial charge in [-0.2, -0.15) is 0 Å². The molecule has 8 heteroatoms. The number of hydrogen-bond donors (Lipinski definition) is 2. The van der Waals surface area contributed by atoms with Crippen molar-refractivity contribution in [2.45, 2.75) is 36.3 Å². The number of nitrogens with one attached hydrogen (secondary N) is 1. The molecule has 1 fully saturated rings. The monoisotopic (exact) mass is 306 g/mol. The summed E-state index contributed by atoms with van der Waals surface area (Å²) in [6.45, 7) is 0. The first-order chi connectivity index (χ1) is 9.35. The van der Waals surface area contributed by atoms with Crippen LogP contribution < -0.4 is 10.5 Å². The summed E-state index contributed by atoms with van der Waals surface area (Å²) in [5.74, 6) is -2.41. The van der Waals surface area contributed by atoms with Gasteiger partial charge in [-0.15, -0.1) is 0 Å². The largest absolute Gasteiger partial charge is 0.399 e. The van der Waals surface area contributed by atoms with Crippen molar-refractivity contribution in [1.82, 2.24) is 4.72 Å². The number of sulfonamides is 1. The van der Waals surface area contributed by atoms with Crippen molar-refractivity contribution in [3.05, 3.63) is 23.8 Å². The van der Waals surface area contributed by atoms with Crippen LogP contribution in [-0.4, -0.2) is 27.7 Å². The van der Waals surface area contributed by atoms with E-state index in [0.717, 1.165) is 18.6 Å². The van der Waals surface area contributed by atoms with Crippen molar-refractivity contribution in [3.8, 4) is 0 Å². The third-order valence-corrected chi connectivity index (χ3v) is 4.89. The lowest BCUT2D eigenvalue weighted by Crippen LogP contribution is -2.41. The third kappa shape index (κ3) is 2.92. The molecule has 1 aliphatic rings. The van der Waals surface area contributed by atoms with E-state index in [2.05, 4.69) is 4.72 Å². The molecule has 0 saturated heterocycles. The second kappa shape index (κ2) is 5.63. The number of ether oxygens (including phenoxy) is 1. The maximum atomic E-state index is 13.7. The molecule has 20 heavy (non-hydrogen) atoms. The lowest BCUT2D eigenvalue weighted by Gasteiger charge is -2.20. The number of nitrogen functional groups attached to an aromatic ring is 1. The van der Waals surface area contributed by atoms with Crippen LogP contribution in [0.5, 0.6) is 0 Å². The van der Waals surface area contributed by atoms with Crippen LogP contribution in [0.15, 0.2) is 17.0 Å². The Morgan fingerprint density at radius 1 is 1.30 bits per heavy atom. The summed E-state index contributed by atoms with van der Waals surface area (Å²) >= 11 is 0. The SMILES string of the molecule is COC1CCCC1NS(=O)(=O)c1c(F)cc(N)cc1F. The quantitative estimate of drug-likeness (QED) is 0.824. The van der Waals surface area contributed by atoms with E-state index in [9.17, 15) is 17.2 Å². The highest BCUT2D eigenvalue weighted by Crippen LogP contribution is 2.26. The molecule has 1 aromatic rings. The number of anilines is 1. The molecule has 2 atom stereocenters. The van der Waals surface area contributed by atoms with Crippen LogP contribution in [0.3, 0.4) is 0 Å². The summed E-state index contributed by atoms with van der Waals surface area (Å²) < 4.78 is 59.1. The minimum atomic E-state index is -4.30. The van der Waals surface area contributed by atoms with E-state index in [-0.39, 0.29) is 11.8 Å². The molecule has 3 N–H and O–H groups in total. The van der Waals surface area contributed by atoms with E-state index in [4.69, 9.17) is 10.5 Å². The van der Waals surface area contributed by atoms with Crippen LogP contribution in [0.1, 0.15) is 19.3 Å². The van der Waals surface area contributed by atoms with Crippen LogP contribution in [0.2, 0.25) is 0 Å². The van der Waals surface area contributed by atoms with Crippen LogP contribution in [-0.2, 0) is 14.8 Å². The van der Waals surface area contributed by atoms with Gasteiger partial charge in [0.15, 0.2) is 4.90 Å². The van der Waals surface area contributed by atoms with Gasteiger partial charge >= 0.3 is 0 Å². The van der Waals surface area contributed by atoms with Crippen molar-refractivity contribution in [3.63, 3.8) is 0 Å². The molecule has 112 valence electrons. The van der Waals surface area contributed by atoms with Crippen LogP contribution in [0, 0.1) is 11.6 Å². The van der Waals surface area contributed by atoms with Gasteiger partial charge in [-0.25, -0.2) is 21.9 Å². The molecule has 2 unspecified atom stereocenters. The van der Waals surface area contributed by atoms with Crippen molar-refractivity contribution >= 4 is 15.7 Å². The number of nitrogens with two attached hydrogens (primary N) is 1. The summed E-state index contributed by atoms with van der Waals surface area (Å²) in [6.07, 6.45) is 1.77. The standard InChI is InChI=1S/C12H16F2N2O3S/c1-19-11-4-2-3-10(11)16-20(17,18)12-8(13)5-7(15)6-9(12)14/h5-6,10-11,16H,2-4,15H2,1H3. The molecule has 0 radical (unpaired) electrons. The Morgan fingerprint density at radius 2 is 1.90 bits per heavy atom. The normalized spacial score (nSPS) is 23.1. The molecule has 0 amide bonds. The predicted molar refractivity (Wildman–Crippen MR) is 69.5 cm³/mol. The molecule has 1 saturated carbocycles. The van der Waals surface area contributed by atoms with Crippen molar-refractivity contribution in [1.29, 1.82) is 0 Å². The van der Waals surface area contributed by atoms with E-state index in [0.29, 0.717) is 12.8 Å². The fourth-order valence-corrected chi connectivity index (χ4v) is 3.85. The first-order valence-corrected chi connectivity index (χ1v) is 7.63. The first-order valence-electron chi connectivity index (χ1n) is 6.15. The van der Waals surface area contributed by atoms with Gasteiger partial charge in [-0.3, -0.25) is 0 Å². The van der Waals surface area contributed by atoms with Crippen LogP contribution >= 0.6 is 0 Å². The fraction of sp³-hybridized carbons (Fsp3) is 0.500. The molecule has 0 heterocycles. The van der Waals surface area contributed by atoms with Gasteiger partial charge in [0.2, 0.25) is 10.0 Å². The molecule has 0 aromatic heterocycles. The number of hydrogen-bond acceptors (Lipinski definition) is 4. The van der Waals surface area contributed by atoms with Gasteiger partial charge in [-0.05, 0) is 31.4 Å². The number of rotatable bonds is 4. The minimum absolute atomic E-state index is 0.172. The fourth-order valence-electron chi connectivity index (χ4n) is 2.44. The topological polar surface area (TPSA) is 81.4 Å². The Balaban J connectivity index is 2.32. The first kappa shape index (κ1) is 15.1. The molecule has 0 spiro atoms. The number of benzene rings is 1. The lowest BCUT2D eigenvalue weighted by atomic mass is 10.2. The second-order valence-corrected chi connectivity index (χ2v) is 6.40. The zero-order valence-corrected chi connectivity index (χ0v) is 11.7. The van der Waals surface area contributed by atoms with Gasteiger partial charge in [0, 0.05) is 18.8 Å². The summed E-state index contributed by atoms with van der Waals surface area (Å²) in [4.78, 5) is -1.01. The third-order valence-electron chi connectivity index (χ3n) is 3.35. The van der Waals surface area contributed by atoms with Crippen LogP contribution in [0.4, 0.5) is 14.5 Å².